The van der Waals surface area contributed by atoms with Gasteiger partial charge in [-0.2, -0.15) is 0 Å². The molecule has 1 heterocycles. The highest BCUT2D eigenvalue weighted by Crippen LogP contribution is 2.29. The van der Waals surface area contributed by atoms with Gasteiger partial charge in [0.15, 0.2) is 5.17 Å². The Morgan fingerprint density at radius 2 is 1.73 bits per heavy atom. The average Bonchev–Trinajstić information content (AvgIpc) is 2.98. The van der Waals surface area contributed by atoms with Crippen molar-refractivity contribution in [1.29, 1.82) is 0 Å². The van der Waals surface area contributed by atoms with Gasteiger partial charge in [0.05, 0.1) is 10.6 Å². The van der Waals surface area contributed by atoms with E-state index in [1.54, 1.807) is 30.3 Å². The van der Waals surface area contributed by atoms with Gasteiger partial charge in [0.2, 0.25) is 0 Å². The zero-order chi connectivity index (χ0) is 18.5. The number of phenolic OH excluding ortho intramolecular Hbond substituents is 1. The van der Waals surface area contributed by atoms with Crippen LogP contribution in [-0.2, 0) is 4.79 Å². The SMILES string of the molecule is CCN(CC)c1ccc(N=C2NC(=O)/C(=C/c3ccc(O)cc3)S2)cc1. The number of thioether (sulfide) groups is 1. The van der Waals surface area contributed by atoms with E-state index in [9.17, 15) is 9.90 Å². The number of nitrogens with zero attached hydrogens (tertiary/aromatic N) is 2. The first-order valence-electron chi connectivity index (χ1n) is 8.52. The van der Waals surface area contributed by atoms with E-state index < -0.39 is 0 Å². The standard InChI is InChI=1S/C20H21N3O2S/c1-3-23(4-2)16-9-7-15(8-10-16)21-20-22-19(25)18(26-20)13-14-5-11-17(24)12-6-14/h5-13,24H,3-4H2,1-2H3,(H,21,22,25)/b18-13-. The predicted molar refractivity (Wildman–Crippen MR) is 109 cm³/mol. The van der Waals surface area contributed by atoms with E-state index in [1.807, 2.05) is 24.3 Å². The third kappa shape index (κ3) is 4.26. The Hall–Kier alpha value is -2.73. The Morgan fingerprint density at radius 3 is 2.35 bits per heavy atom. The van der Waals surface area contributed by atoms with Gasteiger partial charge >= 0.3 is 0 Å². The van der Waals surface area contributed by atoms with E-state index in [2.05, 4.69) is 29.1 Å². The van der Waals surface area contributed by atoms with Gasteiger partial charge in [-0.15, -0.1) is 0 Å². The Morgan fingerprint density at radius 1 is 1.08 bits per heavy atom. The fourth-order valence-electron chi connectivity index (χ4n) is 2.65. The normalized spacial score (nSPS) is 16.9. The molecule has 0 spiro atoms. The molecule has 0 saturated carbocycles. The average molecular weight is 367 g/mol. The number of carbonyl (C=O) groups is 1. The van der Waals surface area contributed by atoms with Crippen molar-refractivity contribution in [3.8, 4) is 5.75 Å². The van der Waals surface area contributed by atoms with E-state index >= 15 is 0 Å². The summed E-state index contributed by atoms with van der Waals surface area (Å²) in [5.41, 5.74) is 2.81. The second-order valence-electron chi connectivity index (χ2n) is 5.76. The maximum Gasteiger partial charge on any atom is 0.264 e. The second kappa shape index (κ2) is 8.10. The van der Waals surface area contributed by atoms with Crippen LogP contribution < -0.4 is 10.2 Å². The molecule has 3 rings (SSSR count). The minimum absolute atomic E-state index is 0.165. The predicted octanol–water partition coefficient (Wildman–Crippen LogP) is 4.13. The van der Waals surface area contributed by atoms with Crippen molar-refractivity contribution >= 4 is 40.3 Å². The lowest BCUT2D eigenvalue weighted by molar-refractivity contribution is -0.115. The zero-order valence-electron chi connectivity index (χ0n) is 14.8. The summed E-state index contributed by atoms with van der Waals surface area (Å²) in [5, 5.41) is 12.7. The molecule has 0 unspecified atom stereocenters. The molecule has 1 amide bonds. The van der Waals surface area contributed by atoms with E-state index in [0.717, 1.165) is 30.0 Å². The Labute approximate surface area is 157 Å². The summed E-state index contributed by atoms with van der Waals surface area (Å²) in [5.74, 6) is 0.0349. The molecule has 0 atom stereocenters. The molecule has 1 aliphatic heterocycles. The van der Waals surface area contributed by atoms with Gasteiger partial charge in [-0.3, -0.25) is 4.79 Å². The summed E-state index contributed by atoms with van der Waals surface area (Å²) in [4.78, 5) is 19.5. The topological polar surface area (TPSA) is 64.9 Å². The van der Waals surface area contributed by atoms with Gasteiger partial charge in [-0.1, -0.05) is 12.1 Å². The molecule has 0 radical (unpaired) electrons. The second-order valence-corrected chi connectivity index (χ2v) is 6.79. The van der Waals surface area contributed by atoms with E-state index in [-0.39, 0.29) is 11.7 Å². The number of hydrogen-bond donors (Lipinski definition) is 2. The van der Waals surface area contributed by atoms with Crippen molar-refractivity contribution in [2.75, 3.05) is 18.0 Å². The number of carbonyl (C=O) groups excluding carboxylic acids is 1. The molecule has 0 bridgehead atoms. The number of anilines is 1. The molecule has 1 fully saturated rings. The molecule has 2 N–H and O–H groups in total. The molecule has 0 aromatic heterocycles. The van der Waals surface area contributed by atoms with Crippen LogP contribution in [0.3, 0.4) is 0 Å². The smallest absolute Gasteiger partial charge is 0.264 e. The van der Waals surface area contributed by atoms with Crippen molar-refractivity contribution in [3.05, 3.63) is 59.0 Å². The van der Waals surface area contributed by atoms with Crippen LogP contribution in [0.5, 0.6) is 5.75 Å². The number of amides is 1. The number of amidine groups is 1. The highest BCUT2D eigenvalue weighted by molar-refractivity contribution is 8.18. The number of nitrogens with one attached hydrogen (secondary N) is 1. The number of aromatic hydroxyl groups is 1. The van der Waals surface area contributed by atoms with E-state index in [4.69, 9.17) is 0 Å². The molecule has 26 heavy (non-hydrogen) atoms. The summed E-state index contributed by atoms with van der Waals surface area (Å²) in [7, 11) is 0. The number of benzene rings is 2. The molecule has 5 nitrogen and oxygen atoms in total. The lowest BCUT2D eigenvalue weighted by atomic mass is 10.2. The minimum Gasteiger partial charge on any atom is -0.508 e. The summed E-state index contributed by atoms with van der Waals surface area (Å²) < 4.78 is 0. The third-order valence-electron chi connectivity index (χ3n) is 4.05. The highest BCUT2D eigenvalue weighted by Gasteiger charge is 2.23. The van der Waals surface area contributed by atoms with E-state index in [1.165, 1.54) is 11.8 Å². The molecule has 1 aliphatic rings. The van der Waals surface area contributed by atoms with E-state index in [0.29, 0.717) is 10.1 Å². The summed E-state index contributed by atoms with van der Waals surface area (Å²) in [6.45, 7) is 6.18. The first-order chi connectivity index (χ1) is 12.6. The molecule has 134 valence electrons. The van der Waals surface area contributed by atoms with Crippen LogP contribution in [0.4, 0.5) is 11.4 Å². The number of phenols is 1. The van der Waals surface area contributed by atoms with Gasteiger partial charge in [0.25, 0.3) is 5.91 Å². The zero-order valence-corrected chi connectivity index (χ0v) is 15.6. The third-order valence-corrected chi connectivity index (χ3v) is 4.96. The van der Waals surface area contributed by atoms with Crippen molar-refractivity contribution in [1.82, 2.24) is 5.32 Å². The molecular formula is C20H21N3O2S. The fraction of sp³-hybridized carbons (Fsp3) is 0.200. The molecule has 6 heteroatoms. The molecule has 1 saturated heterocycles. The van der Waals surface area contributed by atoms with Gasteiger partial charge < -0.3 is 15.3 Å². The lowest BCUT2D eigenvalue weighted by Crippen LogP contribution is -2.21. The van der Waals surface area contributed by atoms with Crippen molar-refractivity contribution in [3.63, 3.8) is 0 Å². The molecule has 2 aromatic rings. The lowest BCUT2D eigenvalue weighted by Gasteiger charge is -2.20. The fourth-order valence-corrected chi connectivity index (χ4v) is 3.49. The van der Waals surface area contributed by atoms with Crippen LogP contribution in [0.25, 0.3) is 6.08 Å². The first-order valence-corrected chi connectivity index (χ1v) is 9.34. The van der Waals surface area contributed by atoms with Crippen molar-refractivity contribution in [2.24, 2.45) is 4.99 Å². The van der Waals surface area contributed by atoms with Crippen LogP contribution >= 0.6 is 11.8 Å². The van der Waals surface area contributed by atoms with Crippen LogP contribution in [0.1, 0.15) is 19.4 Å². The van der Waals surface area contributed by atoms with Gasteiger partial charge in [-0.05, 0) is 73.6 Å². The van der Waals surface area contributed by atoms with Crippen LogP contribution in [0, 0.1) is 0 Å². The maximum absolute atomic E-state index is 12.1. The van der Waals surface area contributed by atoms with Crippen molar-refractivity contribution in [2.45, 2.75) is 13.8 Å². The van der Waals surface area contributed by atoms with Gasteiger partial charge in [-0.25, -0.2) is 4.99 Å². The van der Waals surface area contributed by atoms with Crippen LogP contribution in [0.15, 0.2) is 58.4 Å². The van der Waals surface area contributed by atoms with Crippen LogP contribution in [-0.4, -0.2) is 29.3 Å². The first kappa shape index (κ1) is 18.1. The molecular weight excluding hydrogens is 346 g/mol. The Kier molecular flexibility index (Phi) is 5.63. The maximum atomic E-state index is 12.1. The molecule has 2 aromatic carbocycles. The van der Waals surface area contributed by atoms with Crippen LogP contribution in [0.2, 0.25) is 0 Å². The van der Waals surface area contributed by atoms with Gasteiger partial charge in [0.1, 0.15) is 5.75 Å². The summed E-state index contributed by atoms with van der Waals surface area (Å²) >= 11 is 1.31. The van der Waals surface area contributed by atoms with Gasteiger partial charge in [0, 0.05) is 18.8 Å². The number of aliphatic imine (C=N–C) groups is 1. The monoisotopic (exact) mass is 367 g/mol. The number of rotatable bonds is 5. The summed E-state index contributed by atoms with van der Waals surface area (Å²) in [6, 6.07) is 14.7. The highest BCUT2D eigenvalue weighted by atomic mass is 32.2. The number of hydrogen-bond acceptors (Lipinski definition) is 5. The largest absolute Gasteiger partial charge is 0.508 e. The molecule has 0 aliphatic carbocycles. The summed E-state index contributed by atoms with van der Waals surface area (Å²) in [6.07, 6.45) is 1.78. The minimum atomic E-state index is -0.165. The van der Waals surface area contributed by atoms with Crippen molar-refractivity contribution < 1.29 is 9.90 Å². The Balaban J connectivity index is 1.74. The Bertz CT molecular complexity index is 838. The quantitative estimate of drug-likeness (QED) is 0.780.